The zero-order valence-corrected chi connectivity index (χ0v) is 16.9. The smallest absolute Gasteiger partial charge is 0.251 e. The molecule has 2 amide bonds. The third-order valence-electron chi connectivity index (χ3n) is 5.77. The molecular weight excluding hydrogens is 348 g/mol. The second kappa shape index (κ2) is 9.05. The van der Waals surface area contributed by atoms with Crippen molar-refractivity contribution in [1.82, 2.24) is 10.2 Å². The molecule has 0 aliphatic carbocycles. The molecule has 148 valence electrons. The molecule has 1 fully saturated rings. The van der Waals surface area contributed by atoms with Crippen LogP contribution in [0.25, 0.3) is 0 Å². The van der Waals surface area contributed by atoms with Crippen molar-refractivity contribution in [3.8, 4) is 0 Å². The first kappa shape index (κ1) is 20.1. The fourth-order valence-electron chi connectivity index (χ4n) is 4.15. The molecule has 1 aliphatic heterocycles. The molecule has 0 radical (unpaired) electrons. The van der Waals surface area contributed by atoms with E-state index in [9.17, 15) is 9.59 Å². The maximum Gasteiger partial charge on any atom is 0.251 e. The predicted molar refractivity (Wildman–Crippen MR) is 112 cm³/mol. The van der Waals surface area contributed by atoms with Crippen molar-refractivity contribution in [2.45, 2.75) is 45.1 Å². The molecule has 1 N–H and O–H groups in total. The van der Waals surface area contributed by atoms with Gasteiger partial charge in [-0.25, -0.2) is 0 Å². The molecule has 1 heterocycles. The molecule has 0 bridgehead atoms. The van der Waals surface area contributed by atoms with Crippen molar-refractivity contribution in [3.05, 3.63) is 71.8 Å². The number of amides is 2. The maximum absolute atomic E-state index is 13.4. The summed E-state index contributed by atoms with van der Waals surface area (Å²) in [5, 5.41) is 3.23. The van der Waals surface area contributed by atoms with Gasteiger partial charge in [-0.3, -0.25) is 9.59 Å². The molecule has 3 rings (SSSR count). The molecule has 0 saturated carbocycles. The lowest BCUT2D eigenvalue weighted by atomic mass is 9.76. The quantitative estimate of drug-likeness (QED) is 0.778. The third kappa shape index (κ3) is 4.27. The van der Waals surface area contributed by atoms with Crippen LogP contribution in [0.1, 0.15) is 55.5 Å². The van der Waals surface area contributed by atoms with Gasteiger partial charge in [-0.1, -0.05) is 61.9 Å². The van der Waals surface area contributed by atoms with Gasteiger partial charge in [0.25, 0.3) is 5.91 Å². The van der Waals surface area contributed by atoms with E-state index in [0.717, 1.165) is 44.3 Å². The fourth-order valence-corrected chi connectivity index (χ4v) is 4.15. The highest BCUT2D eigenvalue weighted by Crippen LogP contribution is 2.35. The zero-order valence-electron chi connectivity index (χ0n) is 16.9. The normalized spacial score (nSPS) is 17.0. The lowest BCUT2D eigenvalue weighted by Gasteiger charge is -2.40. The Bertz CT molecular complexity index is 785. The minimum absolute atomic E-state index is 0.151. The number of nitrogens with zero attached hydrogens (tertiary/aromatic N) is 1. The summed E-state index contributed by atoms with van der Waals surface area (Å²) in [6, 6.07) is 19.1. The average Bonchev–Trinajstić information content (AvgIpc) is 3.27. The van der Waals surface area contributed by atoms with E-state index in [2.05, 4.69) is 12.2 Å². The Morgan fingerprint density at radius 3 is 2.14 bits per heavy atom. The largest absolute Gasteiger partial charge is 0.342 e. The van der Waals surface area contributed by atoms with Crippen molar-refractivity contribution in [1.29, 1.82) is 0 Å². The van der Waals surface area contributed by atoms with Crippen molar-refractivity contribution in [2.75, 3.05) is 13.1 Å². The number of rotatable bonds is 7. The van der Waals surface area contributed by atoms with Gasteiger partial charge in [0, 0.05) is 18.7 Å². The first-order valence-electron chi connectivity index (χ1n) is 10.3. The molecule has 1 aliphatic rings. The van der Waals surface area contributed by atoms with Gasteiger partial charge in [0.15, 0.2) is 0 Å². The molecule has 2 aromatic rings. The average molecular weight is 379 g/mol. The zero-order chi connectivity index (χ0) is 20.0. The summed E-state index contributed by atoms with van der Waals surface area (Å²) in [4.78, 5) is 28.5. The fraction of sp³-hybridized carbons (Fsp3) is 0.417. The molecule has 1 saturated heterocycles. The van der Waals surface area contributed by atoms with Gasteiger partial charge in [-0.2, -0.15) is 0 Å². The molecular formula is C24H30N2O2. The lowest BCUT2D eigenvalue weighted by molar-refractivity contribution is -0.137. The second-order valence-corrected chi connectivity index (χ2v) is 7.76. The topological polar surface area (TPSA) is 49.4 Å². The van der Waals surface area contributed by atoms with Crippen molar-refractivity contribution >= 4 is 11.8 Å². The van der Waals surface area contributed by atoms with E-state index >= 15 is 0 Å². The van der Waals surface area contributed by atoms with E-state index in [1.54, 1.807) is 12.1 Å². The van der Waals surface area contributed by atoms with Gasteiger partial charge in [0.1, 0.15) is 0 Å². The number of nitrogens with one attached hydrogen (secondary N) is 1. The van der Waals surface area contributed by atoms with E-state index in [-0.39, 0.29) is 17.7 Å². The van der Waals surface area contributed by atoms with E-state index in [1.165, 1.54) is 0 Å². The van der Waals surface area contributed by atoms with Crippen LogP contribution < -0.4 is 5.32 Å². The number of carbonyl (C=O) groups excluding carboxylic acids is 2. The summed E-state index contributed by atoms with van der Waals surface area (Å²) in [6.07, 6.45) is 3.73. The van der Waals surface area contributed by atoms with Crippen molar-refractivity contribution in [3.63, 3.8) is 0 Å². The SMILES string of the molecule is CCC[C@H](C(=O)N1CCCC1)[C@](C)(NC(=O)c1ccccc1)c1ccccc1. The molecule has 2 atom stereocenters. The van der Waals surface area contributed by atoms with E-state index < -0.39 is 5.54 Å². The second-order valence-electron chi connectivity index (χ2n) is 7.76. The number of hydrogen-bond acceptors (Lipinski definition) is 2. The minimum atomic E-state index is -0.774. The van der Waals surface area contributed by atoms with Crippen LogP contribution in [0.2, 0.25) is 0 Å². The molecule has 28 heavy (non-hydrogen) atoms. The Balaban J connectivity index is 1.98. The summed E-state index contributed by atoms with van der Waals surface area (Å²) < 4.78 is 0. The van der Waals surface area contributed by atoms with Gasteiger partial charge >= 0.3 is 0 Å². The number of benzene rings is 2. The minimum Gasteiger partial charge on any atom is -0.342 e. The van der Waals surface area contributed by atoms with Crippen LogP contribution in [0, 0.1) is 5.92 Å². The lowest BCUT2D eigenvalue weighted by Crippen LogP contribution is -2.54. The van der Waals surface area contributed by atoms with E-state index in [1.807, 2.05) is 60.4 Å². The van der Waals surface area contributed by atoms with Crippen LogP contribution in [0.15, 0.2) is 60.7 Å². The molecule has 4 heteroatoms. The highest BCUT2D eigenvalue weighted by molar-refractivity contribution is 5.95. The molecule has 0 aromatic heterocycles. The summed E-state index contributed by atoms with van der Waals surface area (Å²) in [5.41, 5.74) is 0.794. The van der Waals surface area contributed by atoms with Gasteiger partial charge in [0.2, 0.25) is 5.91 Å². The first-order chi connectivity index (χ1) is 13.6. The summed E-state index contributed by atoms with van der Waals surface area (Å²) >= 11 is 0. The summed E-state index contributed by atoms with van der Waals surface area (Å²) in [5.74, 6) is -0.299. The van der Waals surface area contributed by atoms with Crippen molar-refractivity contribution in [2.24, 2.45) is 5.92 Å². The van der Waals surface area contributed by atoms with Crippen molar-refractivity contribution < 1.29 is 9.59 Å². The molecule has 0 unspecified atom stereocenters. The Morgan fingerprint density at radius 2 is 1.57 bits per heavy atom. The molecule has 0 spiro atoms. The van der Waals surface area contributed by atoms with Crippen LogP contribution >= 0.6 is 0 Å². The highest BCUT2D eigenvalue weighted by atomic mass is 16.2. The Morgan fingerprint density at radius 1 is 1.00 bits per heavy atom. The van der Waals surface area contributed by atoms with E-state index in [4.69, 9.17) is 0 Å². The van der Waals surface area contributed by atoms with Gasteiger partial charge in [-0.15, -0.1) is 0 Å². The first-order valence-corrected chi connectivity index (χ1v) is 10.3. The van der Waals surface area contributed by atoms with Gasteiger partial charge in [-0.05, 0) is 43.9 Å². The van der Waals surface area contributed by atoms with E-state index in [0.29, 0.717) is 5.56 Å². The maximum atomic E-state index is 13.4. The monoisotopic (exact) mass is 378 g/mol. The highest BCUT2D eigenvalue weighted by Gasteiger charge is 2.43. The number of likely N-dealkylation sites (tertiary alicyclic amines) is 1. The van der Waals surface area contributed by atoms with Gasteiger partial charge < -0.3 is 10.2 Å². The van der Waals surface area contributed by atoms with Crippen LogP contribution in [-0.2, 0) is 10.3 Å². The predicted octanol–water partition coefficient (Wildman–Crippen LogP) is 4.37. The Labute approximate surface area is 167 Å². The summed E-state index contributed by atoms with van der Waals surface area (Å²) in [6.45, 7) is 5.72. The number of hydrogen-bond donors (Lipinski definition) is 1. The van der Waals surface area contributed by atoms with Crippen LogP contribution in [-0.4, -0.2) is 29.8 Å². The van der Waals surface area contributed by atoms with Crippen LogP contribution in [0.5, 0.6) is 0 Å². The van der Waals surface area contributed by atoms with Crippen LogP contribution in [0.3, 0.4) is 0 Å². The van der Waals surface area contributed by atoms with Gasteiger partial charge in [0.05, 0.1) is 11.5 Å². The summed E-state index contributed by atoms with van der Waals surface area (Å²) in [7, 11) is 0. The van der Waals surface area contributed by atoms with Crippen LogP contribution in [0.4, 0.5) is 0 Å². The third-order valence-corrected chi connectivity index (χ3v) is 5.77. The molecule has 2 aromatic carbocycles. The standard InChI is InChI=1S/C24H30N2O2/c1-3-12-21(23(28)26-17-10-11-18-26)24(2,20-15-8-5-9-16-20)25-22(27)19-13-6-4-7-14-19/h4-9,13-16,21H,3,10-12,17-18H2,1-2H3,(H,25,27)/t21-,24-/m1/s1. The Kier molecular flexibility index (Phi) is 6.50. The Hall–Kier alpha value is -2.62. The molecule has 4 nitrogen and oxygen atoms in total. The number of carbonyl (C=O) groups is 2.